The van der Waals surface area contributed by atoms with Gasteiger partial charge in [-0.15, -0.1) is 0 Å². The molecule has 1 aliphatic carbocycles. The Balaban J connectivity index is 2.09. The number of rotatable bonds is 1. The van der Waals surface area contributed by atoms with Crippen LogP contribution in [0.5, 0.6) is 0 Å². The lowest BCUT2D eigenvalue weighted by Gasteiger charge is -2.24. The third kappa shape index (κ3) is 1.97. The van der Waals surface area contributed by atoms with Crippen molar-refractivity contribution < 1.29 is 4.57 Å². The maximum absolute atomic E-state index is 2.36. The van der Waals surface area contributed by atoms with Gasteiger partial charge in [-0.25, -0.2) is 4.57 Å². The molecule has 0 fully saturated rings. The number of aryl methyl sites for hydroxylation is 3. The molecule has 0 unspecified atom stereocenters. The fourth-order valence-electron chi connectivity index (χ4n) is 4.31. The topological polar surface area (TPSA) is 3.88 Å². The lowest BCUT2D eigenvalue weighted by atomic mass is 9.78. The summed E-state index contributed by atoms with van der Waals surface area (Å²) in [4.78, 5) is 0. The van der Waals surface area contributed by atoms with Crippen LogP contribution in [-0.4, -0.2) is 0 Å². The predicted molar refractivity (Wildman–Crippen MR) is 100 cm³/mol. The van der Waals surface area contributed by atoms with Crippen molar-refractivity contribution in [3.63, 3.8) is 0 Å². The average Bonchev–Trinajstić information content (AvgIpc) is 2.77. The van der Waals surface area contributed by atoms with Gasteiger partial charge in [0, 0.05) is 17.0 Å². The Bertz CT molecular complexity index is 964. The summed E-state index contributed by atoms with van der Waals surface area (Å²) in [7, 11) is 2.15. The average molecular weight is 314 g/mol. The minimum atomic E-state index is 0.0190. The number of benzene rings is 2. The summed E-state index contributed by atoms with van der Waals surface area (Å²) in [6.07, 6.45) is 2.21. The molecule has 0 amide bonds. The first kappa shape index (κ1) is 15.1. The van der Waals surface area contributed by atoms with Gasteiger partial charge in [-0.1, -0.05) is 50.2 Å². The van der Waals surface area contributed by atoms with Crippen LogP contribution in [-0.2, 0) is 12.5 Å². The minimum Gasteiger partial charge on any atom is -0.201 e. The molecule has 1 aliphatic rings. The highest BCUT2D eigenvalue weighted by molar-refractivity contribution is 5.88. The molecule has 3 aromatic rings. The summed E-state index contributed by atoms with van der Waals surface area (Å²) in [5, 5.41) is 0. The van der Waals surface area contributed by atoms with E-state index in [0.29, 0.717) is 0 Å². The van der Waals surface area contributed by atoms with E-state index in [1.165, 1.54) is 44.6 Å². The Hall–Kier alpha value is -2.41. The minimum absolute atomic E-state index is 0.0190. The molecule has 24 heavy (non-hydrogen) atoms. The molecule has 2 aromatic carbocycles. The predicted octanol–water partition coefficient (Wildman–Crippen LogP) is 5.10. The highest BCUT2D eigenvalue weighted by Crippen LogP contribution is 2.52. The summed E-state index contributed by atoms with van der Waals surface area (Å²) in [6.45, 7) is 9.09. The molecule has 0 aliphatic heterocycles. The first-order chi connectivity index (χ1) is 11.4. The van der Waals surface area contributed by atoms with Gasteiger partial charge in [-0.3, -0.25) is 0 Å². The monoisotopic (exact) mass is 314 g/mol. The van der Waals surface area contributed by atoms with E-state index in [4.69, 9.17) is 0 Å². The largest absolute Gasteiger partial charge is 0.212 e. The van der Waals surface area contributed by atoms with Gasteiger partial charge in [-0.2, -0.15) is 0 Å². The molecular formula is C23H24N+. The highest BCUT2D eigenvalue weighted by atomic mass is 14.9. The number of hydrogen-bond donors (Lipinski definition) is 0. The molecule has 0 spiro atoms. The molecule has 0 saturated heterocycles. The van der Waals surface area contributed by atoms with E-state index in [1.807, 2.05) is 0 Å². The quantitative estimate of drug-likeness (QED) is 0.550. The summed E-state index contributed by atoms with van der Waals surface area (Å²) in [5.74, 6) is 0. The highest BCUT2D eigenvalue weighted by Gasteiger charge is 2.39. The first-order valence-corrected chi connectivity index (χ1v) is 8.62. The lowest BCUT2D eigenvalue weighted by Crippen LogP contribution is -2.32. The second-order valence-electron chi connectivity index (χ2n) is 7.55. The molecule has 1 heteroatoms. The van der Waals surface area contributed by atoms with Crippen molar-refractivity contribution in [2.75, 3.05) is 0 Å². The van der Waals surface area contributed by atoms with E-state index < -0.39 is 0 Å². The maximum Gasteiger partial charge on any atom is 0.212 e. The summed E-state index contributed by atoms with van der Waals surface area (Å²) < 4.78 is 2.26. The van der Waals surface area contributed by atoms with E-state index in [9.17, 15) is 0 Å². The van der Waals surface area contributed by atoms with E-state index >= 15 is 0 Å². The molecule has 0 radical (unpaired) electrons. The molecule has 0 N–H and O–H groups in total. The van der Waals surface area contributed by atoms with Crippen molar-refractivity contribution in [2.24, 2.45) is 7.05 Å². The van der Waals surface area contributed by atoms with Gasteiger partial charge in [-0.05, 0) is 47.7 Å². The van der Waals surface area contributed by atoms with Gasteiger partial charge in [0.2, 0.25) is 5.69 Å². The second-order valence-corrected chi connectivity index (χ2v) is 7.55. The molecule has 4 rings (SSSR count). The number of nitrogens with zero attached hydrogens (tertiary/aromatic N) is 1. The van der Waals surface area contributed by atoms with Gasteiger partial charge >= 0.3 is 0 Å². The van der Waals surface area contributed by atoms with Crippen molar-refractivity contribution in [1.82, 2.24) is 0 Å². The van der Waals surface area contributed by atoms with Crippen molar-refractivity contribution in [3.05, 3.63) is 77.0 Å². The van der Waals surface area contributed by atoms with Crippen LogP contribution in [0.1, 0.15) is 36.1 Å². The molecule has 0 saturated carbocycles. The SMILES string of the molecule is Cc1ccc(-c2c(C)ccc3c2C(C)(C)c2ccccc2-3)[n+](C)c1. The molecule has 1 heterocycles. The molecular weight excluding hydrogens is 290 g/mol. The Morgan fingerprint density at radius 2 is 1.58 bits per heavy atom. The number of hydrogen-bond acceptors (Lipinski definition) is 0. The van der Waals surface area contributed by atoms with Crippen LogP contribution >= 0.6 is 0 Å². The fraction of sp³-hybridized carbons (Fsp3) is 0.261. The van der Waals surface area contributed by atoms with Crippen LogP contribution in [0.3, 0.4) is 0 Å². The zero-order chi connectivity index (χ0) is 17.1. The molecule has 120 valence electrons. The van der Waals surface area contributed by atoms with Crippen LogP contribution < -0.4 is 4.57 Å². The zero-order valence-corrected chi connectivity index (χ0v) is 15.1. The first-order valence-electron chi connectivity index (χ1n) is 8.62. The standard InChI is InChI=1S/C23H24N/c1-15-10-13-20(24(5)14-15)21-16(2)11-12-18-17-8-6-7-9-19(17)23(3,4)22(18)21/h6-14H,1-5H3/q+1. The smallest absolute Gasteiger partial charge is 0.201 e. The third-order valence-corrected chi connectivity index (χ3v) is 5.47. The van der Waals surface area contributed by atoms with Crippen molar-refractivity contribution in [3.8, 4) is 22.4 Å². The zero-order valence-electron chi connectivity index (χ0n) is 15.1. The number of fused-ring (bicyclic) bond motifs is 3. The Morgan fingerprint density at radius 1 is 0.833 bits per heavy atom. The lowest BCUT2D eigenvalue weighted by molar-refractivity contribution is -0.660. The van der Waals surface area contributed by atoms with Crippen molar-refractivity contribution >= 4 is 0 Å². The molecule has 1 nitrogen and oxygen atoms in total. The molecule has 0 atom stereocenters. The van der Waals surface area contributed by atoms with Gasteiger partial charge < -0.3 is 0 Å². The van der Waals surface area contributed by atoms with Crippen molar-refractivity contribution in [1.29, 1.82) is 0 Å². The summed E-state index contributed by atoms with van der Waals surface area (Å²) in [5.41, 5.74) is 11.0. The number of pyridine rings is 1. The molecule has 1 aromatic heterocycles. The van der Waals surface area contributed by atoms with Gasteiger partial charge in [0.1, 0.15) is 7.05 Å². The van der Waals surface area contributed by atoms with Gasteiger partial charge in [0.15, 0.2) is 6.20 Å². The second kappa shape index (κ2) is 5.04. The molecule has 0 bridgehead atoms. The summed E-state index contributed by atoms with van der Waals surface area (Å²) >= 11 is 0. The van der Waals surface area contributed by atoms with Crippen molar-refractivity contribution in [2.45, 2.75) is 33.1 Å². The van der Waals surface area contributed by atoms with Crippen LogP contribution in [0.15, 0.2) is 54.7 Å². The van der Waals surface area contributed by atoms with Gasteiger partial charge in [0.05, 0.1) is 5.56 Å². The van der Waals surface area contributed by atoms with Crippen LogP contribution in [0.2, 0.25) is 0 Å². The third-order valence-electron chi connectivity index (χ3n) is 5.47. The summed E-state index contributed by atoms with van der Waals surface area (Å²) in [6, 6.07) is 17.9. The normalized spacial score (nSPS) is 14.4. The van der Waals surface area contributed by atoms with E-state index in [1.54, 1.807) is 0 Å². The Morgan fingerprint density at radius 3 is 2.33 bits per heavy atom. The van der Waals surface area contributed by atoms with E-state index in [2.05, 4.69) is 94.0 Å². The Labute approximate surface area is 144 Å². The maximum atomic E-state index is 2.36. The van der Waals surface area contributed by atoms with E-state index in [0.717, 1.165) is 0 Å². The number of aromatic nitrogens is 1. The van der Waals surface area contributed by atoms with Crippen LogP contribution in [0, 0.1) is 13.8 Å². The fourth-order valence-corrected chi connectivity index (χ4v) is 4.31. The Kier molecular flexibility index (Phi) is 3.18. The van der Waals surface area contributed by atoms with E-state index in [-0.39, 0.29) is 5.41 Å². The van der Waals surface area contributed by atoms with Crippen LogP contribution in [0.4, 0.5) is 0 Å². The van der Waals surface area contributed by atoms with Crippen LogP contribution in [0.25, 0.3) is 22.4 Å². The van der Waals surface area contributed by atoms with Gasteiger partial charge in [0.25, 0.3) is 0 Å².